The van der Waals surface area contributed by atoms with E-state index in [1.165, 1.54) is 18.4 Å². The number of fused-ring (bicyclic) bond motifs is 1. The SMILES string of the molecule is COC(=O)CCn1c(=NC(=O)c2cccc(OC)c2)sc2ccc(OC)cc21. The van der Waals surface area contributed by atoms with Gasteiger partial charge in [0.2, 0.25) is 0 Å². The summed E-state index contributed by atoms with van der Waals surface area (Å²) in [5.41, 5.74) is 1.26. The summed E-state index contributed by atoms with van der Waals surface area (Å²) in [6.07, 6.45) is 0.167. The van der Waals surface area contributed by atoms with E-state index in [0.29, 0.717) is 28.4 Å². The van der Waals surface area contributed by atoms with Gasteiger partial charge in [-0.3, -0.25) is 9.59 Å². The maximum atomic E-state index is 12.7. The average Bonchev–Trinajstić information content (AvgIpc) is 3.07. The Morgan fingerprint density at radius 3 is 2.50 bits per heavy atom. The van der Waals surface area contributed by atoms with Crippen molar-refractivity contribution in [2.45, 2.75) is 13.0 Å². The van der Waals surface area contributed by atoms with Crippen molar-refractivity contribution < 1.29 is 23.8 Å². The van der Waals surface area contributed by atoms with Gasteiger partial charge in [0.05, 0.1) is 38.0 Å². The van der Waals surface area contributed by atoms with Gasteiger partial charge in [0.15, 0.2) is 4.80 Å². The number of amides is 1. The summed E-state index contributed by atoms with van der Waals surface area (Å²) in [6.45, 7) is 0.337. The highest BCUT2D eigenvalue weighted by Crippen LogP contribution is 2.23. The van der Waals surface area contributed by atoms with Crippen LogP contribution in [-0.4, -0.2) is 37.8 Å². The molecule has 1 aromatic heterocycles. The van der Waals surface area contributed by atoms with Crippen molar-refractivity contribution >= 4 is 33.4 Å². The Kier molecular flexibility index (Phi) is 6.10. The first-order valence-electron chi connectivity index (χ1n) is 8.53. The average molecular weight is 400 g/mol. The number of hydrogen-bond acceptors (Lipinski definition) is 6. The molecular formula is C20H20N2O5S. The van der Waals surface area contributed by atoms with Crippen molar-refractivity contribution in [3.05, 3.63) is 52.8 Å². The van der Waals surface area contributed by atoms with Gasteiger partial charge in [0, 0.05) is 18.2 Å². The maximum absolute atomic E-state index is 12.7. The highest BCUT2D eigenvalue weighted by Gasteiger charge is 2.12. The molecule has 0 saturated carbocycles. The lowest BCUT2D eigenvalue weighted by molar-refractivity contribution is -0.140. The van der Waals surface area contributed by atoms with Gasteiger partial charge in [-0.05, 0) is 30.3 Å². The topological polar surface area (TPSA) is 79.1 Å². The smallest absolute Gasteiger partial charge is 0.307 e. The summed E-state index contributed by atoms with van der Waals surface area (Å²) in [7, 11) is 4.48. The Labute approximate surface area is 165 Å². The lowest BCUT2D eigenvalue weighted by Crippen LogP contribution is -2.19. The summed E-state index contributed by atoms with van der Waals surface area (Å²) in [6, 6.07) is 12.4. The monoisotopic (exact) mass is 400 g/mol. The fraction of sp³-hybridized carbons (Fsp3) is 0.250. The third kappa shape index (κ3) is 4.23. The molecule has 3 rings (SSSR count). The Morgan fingerprint density at radius 2 is 1.79 bits per heavy atom. The second kappa shape index (κ2) is 8.71. The van der Waals surface area contributed by atoms with Crippen LogP contribution in [0.15, 0.2) is 47.5 Å². The van der Waals surface area contributed by atoms with E-state index in [1.54, 1.807) is 38.5 Å². The number of hydrogen-bond donors (Lipinski definition) is 0. The Balaban J connectivity index is 2.08. The van der Waals surface area contributed by atoms with Gasteiger partial charge >= 0.3 is 5.97 Å². The molecule has 0 saturated heterocycles. The summed E-state index contributed by atoms with van der Waals surface area (Å²) >= 11 is 1.37. The van der Waals surface area contributed by atoms with Gasteiger partial charge in [-0.15, -0.1) is 0 Å². The standard InChI is InChI=1S/C20H20N2O5S/c1-25-14-6-4-5-13(11-14)19(24)21-20-22(10-9-18(23)27-3)16-12-15(26-2)7-8-17(16)28-20/h4-8,11-12H,9-10H2,1-3H3. The lowest BCUT2D eigenvalue weighted by Gasteiger charge is -2.06. The molecule has 2 aromatic carbocycles. The minimum atomic E-state index is -0.385. The quantitative estimate of drug-likeness (QED) is 0.594. The van der Waals surface area contributed by atoms with E-state index in [0.717, 1.165) is 10.2 Å². The molecule has 0 atom stereocenters. The highest BCUT2D eigenvalue weighted by atomic mass is 32.1. The third-order valence-electron chi connectivity index (χ3n) is 4.17. The van der Waals surface area contributed by atoms with Crippen LogP contribution in [0, 0.1) is 0 Å². The van der Waals surface area contributed by atoms with Crippen molar-refractivity contribution in [2.75, 3.05) is 21.3 Å². The number of rotatable bonds is 6. The predicted octanol–water partition coefficient (Wildman–Crippen LogP) is 3.02. The molecule has 3 aromatic rings. The first-order valence-corrected chi connectivity index (χ1v) is 9.34. The van der Waals surface area contributed by atoms with Crippen molar-refractivity contribution in [1.29, 1.82) is 0 Å². The molecule has 28 heavy (non-hydrogen) atoms. The van der Waals surface area contributed by atoms with Crippen LogP contribution in [-0.2, 0) is 16.1 Å². The van der Waals surface area contributed by atoms with Gasteiger partial charge in [-0.2, -0.15) is 4.99 Å². The van der Waals surface area contributed by atoms with Gasteiger partial charge < -0.3 is 18.8 Å². The van der Waals surface area contributed by atoms with Crippen LogP contribution >= 0.6 is 11.3 Å². The molecule has 0 N–H and O–H groups in total. The van der Waals surface area contributed by atoms with Crippen LogP contribution in [0.25, 0.3) is 10.2 Å². The Bertz CT molecular complexity index is 1080. The minimum absolute atomic E-state index is 0.167. The number of carbonyl (C=O) groups excluding carboxylic acids is 2. The van der Waals surface area contributed by atoms with Crippen molar-refractivity contribution in [3.63, 3.8) is 0 Å². The number of thiazole rings is 1. The van der Waals surface area contributed by atoms with Crippen LogP contribution in [0.4, 0.5) is 0 Å². The van der Waals surface area contributed by atoms with E-state index in [4.69, 9.17) is 14.2 Å². The molecule has 7 nitrogen and oxygen atoms in total. The molecule has 0 radical (unpaired) electrons. The third-order valence-corrected chi connectivity index (χ3v) is 5.23. The zero-order valence-corrected chi connectivity index (χ0v) is 16.6. The van der Waals surface area contributed by atoms with Crippen molar-refractivity contribution in [3.8, 4) is 11.5 Å². The molecule has 1 amide bonds. The molecule has 0 aliphatic heterocycles. The molecule has 0 unspecified atom stereocenters. The first-order chi connectivity index (χ1) is 13.5. The molecule has 1 heterocycles. The fourth-order valence-electron chi connectivity index (χ4n) is 2.69. The van der Waals surface area contributed by atoms with Crippen molar-refractivity contribution in [1.82, 2.24) is 4.57 Å². The van der Waals surface area contributed by atoms with E-state index in [1.807, 2.05) is 22.8 Å². The minimum Gasteiger partial charge on any atom is -0.497 e. The number of methoxy groups -OCH3 is 3. The normalized spacial score (nSPS) is 11.5. The summed E-state index contributed by atoms with van der Waals surface area (Å²) in [4.78, 5) is 29.1. The molecule has 0 bridgehead atoms. The molecule has 0 aliphatic rings. The highest BCUT2D eigenvalue weighted by molar-refractivity contribution is 7.16. The van der Waals surface area contributed by atoms with E-state index in [-0.39, 0.29) is 18.3 Å². The van der Waals surface area contributed by atoms with Gasteiger partial charge in [0.1, 0.15) is 11.5 Å². The fourth-order valence-corrected chi connectivity index (χ4v) is 3.72. The van der Waals surface area contributed by atoms with Gasteiger partial charge in [-0.1, -0.05) is 17.4 Å². The van der Waals surface area contributed by atoms with Gasteiger partial charge in [0.25, 0.3) is 5.91 Å². The van der Waals surface area contributed by atoms with E-state index < -0.39 is 0 Å². The molecular weight excluding hydrogens is 380 g/mol. The maximum Gasteiger partial charge on any atom is 0.307 e. The predicted molar refractivity (Wildman–Crippen MR) is 106 cm³/mol. The molecule has 0 fully saturated rings. The number of aryl methyl sites for hydroxylation is 1. The second-order valence-electron chi connectivity index (χ2n) is 5.84. The largest absolute Gasteiger partial charge is 0.497 e. The number of nitrogens with zero attached hydrogens (tertiary/aromatic N) is 2. The van der Waals surface area contributed by atoms with Crippen LogP contribution in [0.3, 0.4) is 0 Å². The van der Waals surface area contributed by atoms with Crippen LogP contribution in [0.1, 0.15) is 16.8 Å². The number of aromatic nitrogens is 1. The summed E-state index contributed by atoms with van der Waals surface area (Å²) in [5, 5.41) is 0. The van der Waals surface area contributed by atoms with E-state index in [9.17, 15) is 9.59 Å². The number of esters is 1. The van der Waals surface area contributed by atoms with Crippen LogP contribution in [0.2, 0.25) is 0 Å². The summed E-state index contributed by atoms with van der Waals surface area (Å²) in [5.74, 6) is 0.549. The lowest BCUT2D eigenvalue weighted by atomic mass is 10.2. The van der Waals surface area contributed by atoms with E-state index in [2.05, 4.69) is 4.99 Å². The van der Waals surface area contributed by atoms with Gasteiger partial charge in [-0.25, -0.2) is 0 Å². The second-order valence-corrected chi connectivity index (χ2v) is 6.85. The van der Waals surface area contributed by atoms with Crippen molar-refractivity contribution in [2.24, 2.45) is 4.99 Å². The molecule has 146 valence electrons. The number of ether oxygens (including phenoxy) is 3. The van der Waals surface area contributed by atoms with Crippen LogP contribution < -0.4 is 14.3 Å². The zero-order valence-electron chi connectivity index (χ0n) is 15.8. The molecule has 0 spiro atoms. The Morgan fingerprint density at radius 1 is 1.04 bits per heavy atom. The summed E-state index contributed by atoms with van der Waals surface area (Å²) < 4.78 is 18.0. The van der Waals surface area contributed by atoms with Crippen LogP contribution in [0.5, 0.6) is 11.5 Å². The molecule has 0 aliphatic carbocycles. The zero-order chi connectivity index (χ0) is 20.1. The molecule has 8 heteroatoms. The number of carbonyl (C=O) groups is 2. The first kappa shape index (κ1) is 19.6. The van der Waals surface area contributed by atoms with E-state index >= 15 is 0 Å². The number of benzene rings is 2. The Hall–Kier alpha value is -3.13.